The first-order chi connectivity index (χ1) is 9.95. The number of pyridine rings is 1. The number of nitriles is 1. The van der Waals surface area contributed by atoms with E-state index < -0.39 is 4.92 Å². The van der Waals surface area contributed by atoms with Gasteiger partial charge in [-0.2, -0.15) is 5.26 Å². The second-order valence-electron chi connectivity index (χ2n) is 5.17. The van der Waals surface area contributed by atoms with Gasteiger partial charge in [-0.25, -0.2) is 4.98 Å². The summed E-state index contributed by atoms with van der Waals surface area (Å²) in [5.74, 6) is 0.219. The van der Waals surface area contributed by atoms with Crippen molar-refractivity contribution in [2.75, 3.05) is 25.5 Å². The largest absolute Gasteiger partial charge is 0.364 e. The van der Waals surface area contributed by atoms with Crippen molar-refractivity contribution in [1.29, 1.82) is 5.26 Å². The number of hydrogen-bond donors (Lipinski definition) is 1. The Morgan fingerprint density at radius 2 is 2.24 bits per heavy atom. The minimum Gasteiger partial charge on any atom is -0.364 e. The molecule has 0 saturated heterocycles. The van der Waals surface area contributed by atoms with Gasteiger partial charge >= 0.3 is 5.69 Å². The van der Waals surface area contributed by atoms with E-state index in [1.807, 2.05) is 6.07 Å². The van der Waals surface area contributed by atoms with E-state index in [0.29, 0.717) is 12.6 Å². The van der Waals surface area contributed by atoms with Gasteiger partial charge in [-0.15, -0.1) is 0 Å². The Hall–Kier alpha value is -2.20. The average molecular weight is 291 g/mol. The standard InChI is InChI=1S/C14H21N5O2/c1-11(2)18(3)7-5-4-6-16-14-13(19(20)21)8-12(9-15)10-17-14/h8,10-11H,4-7H2,1-3H3,(H,16,17). The molecule has 7 heteroatoms. The minimum absolute atomic E-state index is 0.159. The normalized spacial score (nSPS) is 10.7. The fourth-order valence-corrected chi connectivity index (χ4v) is 1.74. The van der Waals surface area contributed by atoms with Crippen molar-refractivity contribution in [3.05, 3.63) is 27.9 Å². The lowest BCUT2D eigenvalue weighted by Crippen LogP contribution is -2.27. The highest BCUT2D eigenvalue weighted by molar-refractivity contribution is 5.58. The van der Waals surface area contributed by atoms with Gasteiger partial charge in [0.15, 0.2) is 0 Å². The zero-order valence-electron chi connectivity index (χ0n) is 12.7. The molecule has 0 aliphatic rings. The van der Waals surface area contributed by atoms with Gasteiger partial charge in [-0.05, 0) is 40.3 Å². The summed E-state index contributed by atoms with van der Waals surface area (Å²) in [5.41, 5.74) is 0.0270. The molecule has 0 radical (unpaired) electrons. The van der Waals surface area contributed by atoms with Crippen molar-refractivity contribution in [3.8, 4) is 6.07 Å². The number of nitrogens with one attached hydrogen (secondary N) is 1. The highest BCUT2D eigenvalue weighted by Crippen LogP contribution is 2.22. The van der Waals surface area contributed by atoms with Crippen LogP contribution >= 0.6 is 0 Å². The quantitative estimate of drug-likeness (QED) is 0.449. The third-order valence-corrected chi connectivity index (χ3v) is 3.30. The van der Waals surface area contributed by atoms with Crippen molar-refractivity contribution in [3.63, 3.8) is 0 Å². The van der Waals surface area contributed by atoms with E-state index in [9.17, 15) is 10.1 Å². The third-order valence-electron chi connectivity index (χ3n) is 3.30. The predicted octanol–water partition coefficient (Wildman–Crippen LogP) is 2.39. The number of nitro groups is 1. The number of unbranched alkanes of at least 4 members (excludes halogenated alkanes) is 1. The van der Waals surface area contributed by atoms with Crippen LogP contribution < -0.4 is 5.32 Å². The fraction of sp³-hybridized carbons (Fsp3) is 0.571. The Labute approximate surface area is 124 Å². The van der Waals surface area contributed by atoms with E-state index in [4.69, 9.17) is 5.26 Å². The maximum atomic E-state index is 11.0. The monoisotopic (exact) mass is 291 g/mol. The number of aromatic nitrogens is 1. The van der Waals surface area contributed by atoms with E-state index in [2.05, 4.69) is 36.1 Å². The molecular formula is C14H21N5O2. The molecule has 0 fully saturated rings. The summed E-state index contributed by atoms with van der Waals surface area (Å²) in [6.07, 6.45) is 3.24. The van der Waals surface area contributed by atoms with E-state index >= 15 is 0 Å². The first-order valence-electron chi connectivity index (χ1n) is 6.94. The summed E-state index contributed by atoms with van der Waals surface area (Å²) in [5, 5.41) is 22.7. The summed E-state index contributed by atoms with van der Waals surface area (Å²) in [6, 6.07) is 3.60. The SMILES string of the molecule is CC(C)N(C)CCCCNc1ncc(C#N)cc1[N+](=O)[O-]. The molecule has 1 aromatic rings. The summed E-state index contributed by atoms with van der Waals surface area (Å²) >= 11 is 0. The minimum atomic E-state index is -0.525. The van der Waals surface area contributed by atoms with Crippen molar-refractivity contribution in [2.45, 2.75) is 32.7 Å². The van der Waals surface area contributed by atoms with Crippen LogP contribution in [0.2, 0.25) is 0 Å². The lowest BCUT2D eigenvalue weighted by molar-refractivity contribution is -0.384. The molecule has 0 bridgehead atoms. The fourth-order valence-electron chi connectivity index (χ4n) is 1.74. The molecule has 1 rings (SSSR count). The van der Waals surface area contributed by atoms with Gasteiger partial charge < -0.3 is 10.2 Å². The second-order valence-corrected chi connectivity index (χ2v) is 5.17. The van der Waals surface area contributed by atoms with Crippen molar-refractivity contribution < 1.29 is 4.92 Å². The van der Waals surface area contributed by atoms with E-state index in [-0.39, 0.29) is 17.1 Å². The van der Waals surface area contributed by atoms with E-state index in [1.54, 1.807) is 0 Å². The summed E-state index contributed by atoms with van der Waals surface area (Å²) in [4.78, 5) is 16.6. The van der Waals surface area contributed by atoms with Crippen LogP contribution in [0.15, 0.2) is 12.3 Å². The Kier molecular flexibility index (Phi) is 6.56. The Balaban J connectivity index is 2.49. The summed E-state index contributed by atoms with van der Waals surface area (Å²) in [6.45, 7) is 5.89. The molecule has 0 spiro atoms. The number of nitrogens with zero attached hydrogens (tertiary/aromatic N) is 4. The molecule has 0 unspecified atom stereocenters. The molecule has 7 nitrogen and oxygen atoms in total. The lowest BCUT2D eigenvalue weighted by atomic mass is 10.2. The molecule has 1 aromatic heterocycles. The van der Waals surface area contributed by atoms with Gasteiger partial charge in [0.2, 0.25) is 5.82 Å². The molecule has 0 aliphatic carbocycles. The first kappa shape index (κ1) is 16.9. The van der Waals surface area contributed by atoms with Crippen LogP contribution in [0.5, 0.6) is 0 Å². The zero-order chi connectivity index (χ0) is 15.8. The Bertz CT molecular complexity index is 525. The molecule has 114 valence electrons. The maximum Gasteiger partial charge on any atom is 0.312 e. The number of hydrogen-bond acceptors (Lipinski definition) is 6. The van der Waals surface area contributed by atoms with E-state index in [1.165, 1.54) is 12.3 Å². The van der Waals surface area contributed by atoms with Gasteiger partial charge in [0.25, 0.3) is 0 Å². The van der Waals surface area contributed by atoms with Crippen LogP contribution in [-0.2, 0) is 0 Å². The third kappa shape index (κ3) is 5.36. The zero-order valence-corrected chi connectivity index (χ0v) is 12.7. The molecule has 0 amide bonds. The van der Waals surface area contributed by atoms with Crippen molar-refractivity contribution in [1.82, 2.24) is 9.88 Å². The molecule has 0 saturated carbocycles. The summed E-state index contributed by atoms with van der Waals surface area (Å²) < 4.78 is 0. The average Bonchev–Trinajstić information content (AvgIpc) is 2.46. The highest BCUT2D eigenvalue weighted by atomic mass is 16.6. The van der Waals surface area contributed by atoms with Crippen LogP contribution in [0, 0.1) is 21.4 Å². The smallest absolute Gasteiger partial charge is 0.312 e. The Morgan fingerprint density at radius 1 is 1.52 bits per heavy atom. The van der Waals surface area contributed by atoms with Crippen molar-refractivity contribution in [2.24, 2.45) is 0 Å². The predicted molar refractivity (Wildman–Crippen MR) is 81.1 cm³/mol. The topological polar surface area (TPSA) is 95.1 Å². The Morgan fingerprint density at radius 3 is 2.81 bits per heavy atom. The van der Waals surface area contributed by atoms with Gasteiger partial charge in [0, 0.05) is 24.8 Å². The number of anilines is 1. The van der Waals surface area contributed by atoms with Crippen LogP contribution in [0.4, 0.5) is 11.5 Å². The van der Waals surface area contributed by atoms with Gasteiger partial charge in [-0.3, -0.25) is 10.1 Å². The molecule has 0 aromatic carbocycles. The van der Waals surface area contributed by atoms with Crippen LogP contribution in [0.1, 0.15) is 32.3 Å². The molecule has 1 N–H and O–H groups in total. The second kappa shape index (κ2) is 8.17. The van der Waals surface area contributed by atoms with Crippen LogP contribution in [-0.4, -0.2) is 41.0 Å². The maximum absolute atomic E-state index is 11.0. The van der Waals surface area contributed by atoms with Crippen LogP contribution in [0.3, 0.4) is 0 Å². The molecule has 0 atom stereocenters. The van der Waals surface area contributed by atoms with Gasteiger partial charge in [-0.1, -0.05) is 0 Å². The molecule has 1 heterocycles. The summed E-state index contributed by atoms with van der Waals surface area (Å²) in [7, 11) is 2.07. The van der Waals surface area contributed by atoms with Crippen LogP contribution in [0.25, 0.3) is 0 Å². The van der Waals surface area contributed by atoms with E-state index in [0.717, 1.165) is 19.4 Å². The highest BCUT2D eigenvalue weighted by Gasteiger charge is 2.15. The van der Waals surface area contributed by atoms with Gasteiger partial charge in [0.05, 0.1) is 10.5 Å². The number of rotatable bonds is 8. The molecule has 0 aliphatic heterocycles. The van der Waals surface area contributed by atoms with Gasteiger partial charge in [0.1, 0.15) is 6.07 Å². The van der Waals surface area contributed by atoms with Crippen molar-refractivity contribution >= 4 is 11.5 Å². The first-order valence-corrected chi connectivity index (χ1v) is 6.94. The lowest BCUT2D eigenvalue weighted by Gasteiger charge is -2.20. The molecule has 21 heavy (non-hydrogen) atoms. The molecular weight excluding hydrogens is 270 g/mol.